The molecule has 1 N–H and O–H groups in total. The molecule has 0 fully saturated rings. The van der Waals surface area contributed by atoms with Gasteiger partial charge in [-0.2, -0.15) is 0 Å². The molecule has 0 aliphatic carbocycles. The summed E-state index contributed by atoms with van der Waals surface area (Å²) >= 11 is 6.02. The molecule has 3 rings (SSSR count). The Morgan fingerprint density at radius 2 is 1.96 bits per heavy atom. The molecule has 7 heteroatoms. The van der Waals surface area contributed by atoms with E-state index in [2.05, 4.69) is 10.3 Å². The van der Waals surface area contributed by atoms with Crippen LogP contribution >= 0.6 is 11.6 Å². The Morgan fingerprint density at radius 1 is 1.19 bits per heavy atom. The number of hydrogen-bond donors (Lipinski definition) is 1. The standard InChI is InChI=1S/C19H15ClFN3O2/c1-12-8-18(26)24(19(22-12)13-4-2-5-14(20)9-13)11-17(25)23-16-7-3-6-15(21)10-16/h2-10H,11H2,1H3,(H,23,25). The Kier molecular flexibility index (Phi) is 5.14. The van der Waals surface area contributed by atoms with Crippen LogP contribution in [-0.4, -0.2) is 15.5 Å². The van der Waals surface area contributed by atoms with Gasteiger partial charge >= 0.3 is 0 Å². The molecule has 2 aromatic carbocycles. The molecule has 0 unspecified atom stereocenters. The maximum Gasteiger partial charge on any atom is 0.254 e. The van der Waals surface area contributed by atoms with Gasteiger partial charge in [0.2, 0.25) is 5.91 Å². The van der Waals surface area contributed by atoms with Crippen LogP contribution in [0.4, 0.5) is 10.1 Å². The normalized spacial score (nSPS) is 10.6. The Morgan fingerprint density at radius 3 is 2.69 bits per heavy atom. The van der Waals surface area contributed by atoms with Gasteiger partial charge in [0.1, 0.15) is 18.2 Å². The van der Waals surface area contributed by atoms with Gasteiger partial charge in [-0.1, -0.05) is 29.8 Å². The van der Waals surface area contributed by atoms with Gasteiger partial charge in [-0.15, -0.1) is 0 Å². The first-order valence-electron chi connectivity index (χ1n) is 7.82. The highest BCUT2D eigenvalue weighted by atomic mass is 35.5. The maximum atomic E-state index is 13.2. The van der Waals surface area contributed by atoms with Crippen LogP contribution < -0.4 is 10.9 Å². The van der Waals surface area contributed by atoms with Crippen molar-refractivity contribution in [1.29, 1.82) is 0 Å². The number of aromatic nitrogens is 2. The lowest BCUT2D eigenvalue weighted by atomic mass is 10.2. The number of carbonyl (C=O) groups is 1. The number of anilines is 1. The van der Waals surface area contributed by atoms with E-state index >= 15 is 0 Å². The van der Waals surface area contributed by atoms with Crippen molar-refractivity contribution in [3.8, 4) is 11.4 Å². The first-order chi connectivity index (χ1) is 12.4. The maximum absolute atomic E-state index is 13.2. The molecule has 1 aromatic heterocycles. The van der Waals surface area contributed by atoms with E-state index in [1.165, 1.54) is 28.8 Å². The van der Waals surface area contributed by atoms with Crippen LogP contribution in [0.25, 0.3) is 11.4 Å². The average molecular weight is 372 g/mol. The lowest BCUT2D eigenvalue weighted by Gasteiger charge is -2.13. The first-order valence-corrected chi connectivity index (χ1v) is 8.20. The van der Waals surface area contributed by atoms with Gasteiger partial charge in [0.25, 0.3) is 5.56 Å². The molecule has 0 bridgehead atoms. The Hall–Kier alpha value is -2.99. The highest BCUT2D eigenvalue weighted by Crippen LogP contribution is 2.20. The van der Waals surface area contributed by atoms with E-state index in [1.807, 2.05) is 0 Å². The highest BCUT2D eigenvalue weighted by Gasteiger charge is 2.14. The van der Waals surface area contributed by atoms with Crippen LogP contribution in [0.2, 0.25) is 5.02 Å². The van der Waals surface area contributed by atoms with Crippen molar-refractivity contribution in [2.75, 3.05) is 5.32 Å². The van der Waals surface area contributed by atoms with Crippen LogP contribution in [-0.2, 0) is 11.3 Å². The van der Waals surface area contributed by atoms with E-state index in [4.69, 9.17) is 11.6 Å². The lowest BCUT2D eigenvalue weighted by molar-refractivity contribution is -0.116. The summed E-state index contributed by atoms with van der Waals surface area (Å²) < 4.78 is 14.5. The van der Waals surface area contributed by atoms with E-state index in [0.717, 1.165) is 0 Å². The Labute approximate surface area is 154 Å². The molecule has 0 radical (unpaired) electrons. The summed E-state index contributed by atoms with van der Waals surface area (Å²) in [7, 11) is 0. The quantitative estimate of drug-likeness (QED) is 0.761. The van der Waals surface area contributed by atoms with E-state index in [-0.39, 0.29) is 12.1 Å². The summed E-state index contributed by atoms with van der Waals surface area (Å²) in [4.78, 5) is 29.1. The molecule has 0 aliphatic heterocycles. The average Bonchev–Trinajstić information content (AvgIpc) is 2.57. The molecule has 0 aliphatic rings. The van der Waals surface area contributed by atoms with E-state index in [9.17, 15) is 14.0 Å². The summed E-state index contributed by atoms with van der Waals surface area (Å²) in [6.45, 7) is 1.44. The summed E-state index contributed by atoms with van der Waals surface area (Å²) in [5, 5.41) is 3.07. The van der Waals surface area contributed by atoms with Crippen LogP contribution in [0, 0.1) is 12.7 Å². The number of nitrogens with one attached hydrogen (secondary N) is 1. The van der Waals surface area contributed by atoms with Crippen LogP contribution in [0.5, 0.6) is 0 Å². The lowest BCUT2D eigenvalue weighted by Crippen LogP contribution is -2.29. The number of benzene rings is 2. The molecule has 3 aromatic rings. The fraction of sp³-hybridized carbons (Fsp3) is 0.105. The molecule has 1 amide bonds. The number of nitrogens with zero attached hydrogens (tertiary/aromatic N) is 2. The summed E-state index contributed by atoms with van der Waals surface area (Å²) in [6.07, 6.45) is 0. The van der Waals surface area contributed by atoms with Crippen molar-refractivity contribution in [2.24, 2.45) is 0 Å². The monoisotopic (exact) mass is 371 g/mol. The molecule has 1 heterocycles. The topological polar surface area (TPSA) is 64.0 Å². The minimum absolute atomic E-state index is 0.259. The molecular formula is C19H15ClFN3O2. The molecular weight excluding hydrogens is 357 g/mol. The third-order valence-corrected chi connectivity index (χ3v) is 3.86. The summed E-state index contributed by atoms with van der Waals surface area (Å²) in [5.74, 6) is -0.588. The zero-order valence-corrected chi connectivity index (χ0v) is 14.6. The number of hydrogen-bond acceptors (Lipinski definition) is 3. The molecule has 0 saturated carbocycles. The molecule has 0 atom stereocenters. The zero-order valence-electron chi connectivity index (χ0n) is 13.9. The van der Waals surface area contributed by atoms with Gasteiger partial charge in [0.15, 0.2) is 0 Å². The summed E-state index contributed by atoms with van der Waals surface area (Å²) in [6, 6.07) is 13.8. The van der Waals surface area contributed by atoms with Crippen molar-refractivity contribution < 1.29 is 9.18 Å². The second-order valence-electron chi connectivity index (χ2n) is 5.71. The zero-order chi connectivity index (χ0) is 18.7. The second-order valence-corrected chi connectivity index (χ2v) is 6.15. The van der Waals surface area contributed by atoms with Crippen LogP contribution in [0.1, 0.15) is 5.69 Å². The number of carbonyl (C=O) groups excluding carboxylic acids is 1. The van der Waals surface area contributed by atoms with Gasteiger partial charge in [0.05, 0.1) is 0 Å². The van der Waals surface area contributed by atoms with Crippen LogP contribution in [0.3, 0.4) is 0 Å². The van der Waals surface area contributed by atoms with E-state index < -0.39 is 11.7 Å². The molecule has 26 heavy (non-hydrogen) atoms. The second kappa shape index (κ2) is 7.49. The SMILES string of the molecule is Cc1cc(=O)n(CC(=O)Nc2cccc(F)c2)c(-c2cccc(Cl)c2)n1. The van der Waals surface area contributed by atoms with Gasteiger partial charge in [-0.05, 0) is 37.3 Å². The molecule has 5 nitrogen and oxygen atoms in total. The van der Waals surface area contributed by atoms with Crippen molar-refractivity contribution in [2.45, 2.75) is 13.5 Å². The van der Waals surface area contributed by atoms with Gasteiger partial charge in [-0.3, -0.25) is 14.2 Å². The van der Waals surface area contributed by atoms with Crippen molar-refractivity contribution in [3.63, 3.8) is 0 Å². The largest absolute Gasteiger partial charge is 0.324 e. The third-order valence-electron chi connectivity index (χ3n) is 3.63. The molecule has 132 valence electrons. The van der Waals surface area contributed by atoms with Gasteiger partial charge in [0, 0.05) is 28.0 Å². The number of rotatable bonds is 4. The third kappa shape index (κ3) is 4.15. The van der Waals surface area contributed by atoms with Gasteiger partial charge in [-0.25, -0.2) is 9.37 Å². The van der Waals surface area contributed by atoms with Crippen molar-refractivity contribution in [3.05, 3.63) is 81.5 Å². The van der Waals surface area contributed by atoms with Crippen LogP contribution in [0.15, 0.2) is 59.4 Å². The molecule has 0 spiro atoms. The molecule has 0 saturated heterocycles. The minimum atomic E-state index is -0.466. The smallest absolute Gasteiger partial charge is 0.254 e. The first kappa shape index (κ1) is 17.8. The van der Waals surface area contributed by atoms with Crippen molar-refractivity contribution >= 4 is 23.2 Å². The Bertz CT molecular complexity index is 1030. The highest BCUT2D eigenvalue weighted by molar-refractivity contribution is 6.30. The minimum Gasteiger partial charge on any atom is -0.324 e. The van der Waals surface area contributed by atoms with E-state index in [0.29, 0.717) is 27.8 Å². The fourth-order valence-corrected chi connectivity index (χ4v) is 2.72. The number of amides is 1. The Balaban J connectivity index is 1.94. The predicted molar refractivity (Wildman–Crippen MR) is 98.7 cm³/mol. The van der Waals surface area contributed by atoms with E-state index in [1.54, 1.807) is 37.3 Å². The predicted octanol–water partition coefficient (Wildman–Crippen LogP) is 3.65. The summed E-state index contributed by atoms with van der Waals surface area (Å²) in [5.41, 5.74) is 1.11. The van der Waals surface area contributed by atoms with Crippen molar-refractivity contribution in [1.82, 2.24) is 9.55 Å². The van der Waals surface area contributed by atoms with Gasteiger partial charge < -0.3 is 5.32 Å². The number of aryl methyl sites for hydroxylation is 1. The fourth-order valence-electron chi connectivity index (χ4n) is 2.53. The number of halogens is 2.